The highest BCUT2D eigenvalue weighted by Crippen LogP contribution is 2.35. The Morgan fingerprint density at radius 1 is 1.06 bits per heavy atom. The van der Waals surface area contributed by atoms with Gasteiger partial charge >= 0.3 is 0 Å². The number of Topliss-reactive ketones (excluding diaryl/α,β-unsaturated/α-hetero) is 1. The second-order valence-corrected chi connectivity index (χ2v) is 7.82. The predicted molar refractivity (Wildman–Crippen MR) is 119 cm³/mol. The van der Waals surface area contributed by atoms with Gasteiger partial charge in [0.2, 0.25) is 5.95 Å². The first-order valence-corrected chi connectivity index (χ1v) is 10.4. The van der Waals surface area contributed by atoms with Crippen LogP contribution in [0.15, 0.2) is 30.3 Å². The molecule has 33 heavy (non-hydrogen) atoms. The lowest BCUT2D eigenvalue weighted by molar-refractivity contribution is -0.124. The quantitative estimate of drug-likeness (QED) is 0.456. The molecule has 0 atom stereocenters. The molecule has 9 nitrogen and oxygen atoms in total. The summed E-state index contributed by atoms with van der Waals surface area (Å²) in [5, 5.41) is 8.36. The Morgan fingerprint density at radius 2 is 1.85 bits per heavy atom. The van der Waals surface area contributed by atoms with Crippen LogP contribution in [-0.4, -0.2) is 46.7 Å². The van der Waals surface area contributed by atoms with E-state index in [0.717, 1.165) is 5.56 Å². The second-order valence-electron chi connectivity index (χ2n) is 7.82. The molecule has 2 aromatic heterocycles. The molecular formula is C23H22FN5O4. The van der Waals surface area contributed by atoms with Gasteiger partial charge < -0.3 is 19.5 Å². The number of halogens is 1. The van der Waals surface area contributed by atoms with Crippen molar-refractivity contribution >= 4 is 28.3 Å². The monoisotopic (exact) mass is 451 g/mol. The second kappa shape index (κ2) is 8.19. The summed E-state index contributed by atoms with van der Waals surface area (Å²) in [6.45, 7) is 0.376. The van der Waals surface area contributed by atoms with Crippen molar-refractivity contribution in [3.8, 4) is 17.2 Å². The molecule has 0 radical (unpaired) electrons. The molecule has 0 saturated heterocycles. The van der Waals surface area contributed by atoms with Crippen LogP contribution in [0.5, 0.6) is 17.2 Å². The molecule has 0 amide bonds. The van der Waals surface area contributed by atoms with Crippen LogP contribution in [0, 0.1) is 5.82 Å². The zero-order chi connectivity index (χ0) is 23.1. The highest BCUT2D eigenvalue weighted by atomic mass is 19.1. The van der Waals surface area contributed by atoms with E-state index in [2.05, 4.69) is 20.4 Å². The zero-order valence-corrected chi connectivity index (χ0v) is 18.4. The lowest BCUT2D eigenvalue weighted by atomic mass is 9.83. The zero-order valence-electron chi connectivity index (χ0n) is 18.4. The summed E-state index contributed by atoms with van der Waals surface area (Å²) in [4.78, 5) is 20.8. The van der Waals surface area contributed by atoms with Gasteiger partial charge in [-0.15, -0.1) is 5.10 Å². The number of fused-ring (bicyclic) bond motifs is 3. The third-order valence-corrected chi connectivity index (χ3v) is 5.79. The number of methoxy groups -OCH3 is 3. The summed E-state index contributed by atoms with van der Waals surface area (Å²) in [5.74, 6) is 2.25. The number of ether oxygens (including phenoxy) is 3. The van der Waals surface area contributed by atoms with Crippen LogP contribution in [0.2, 0.25) is 0 Å². The minimum atomic E-state index is -0.463. The molecule has 5 rings (SSSR count). The number of hydrogen-bond acceptors (Lipinski definition) is 8. The molecule has 0 bridgehead atoms. The Hall–Kier alpha value is -3.95. The molecule has 1 aliphatic rings. The first-order chi connectivity index (χ1) is 16.0. The average Bonchev–Trinajstić information content (AvgIpc) is 3.25. The highest BCUT2D eigenvalue weighted by molar-refractivity contribution is 5.96. The maximum atomic E-state index is 14.3. The highest BCUT2D eigenvalue weighted by Gasteiger charge is 2.32. The molecule has 0 unspecified atom stereocenters. The lowest BCUT2D eigenvalue weighted by Gasteiger charge is -2.20. The van der Waals surface area contributed by atoms with Gasteiger partial charge in [-0.05, 0) is 18.2 Å². The van der Waals surface area contributed by atoms with Gasteiger partial charge in [0.1, 0.15) is 34.4 Å². The maximum Gasteiger partial charge on any atom is 0.226 e. The number of nitrogens with one attached hydrogen (secondary N) is 1. The fraction of sp³-hybridized carbons (Fsp3) is 0.304. The van der Waals surface area contributed by atoms with Crippen molar-refractivity contribution in [1.82, 2.24) is 19.6 Å². The Kier molecular flexibility index (Phi) is 5.20. The van der Waals surface area contributed by atoms with E-state index < -0.39 is 5.82 Å². The van der Waals surface area contributed by atoms with Gasteiger partial charge in [0.05, 0.1) is 26.7 Å². The van der Waals surface area contributed by atoms with E-state index in [1.807, 2.05) is 12.1 Å². The number of rotatable bonds is 7. The first-order valence-electron chi connectivity index (χ1n) is 10.4. The van der Waals surface area contributed by atoms with E-state index in [1.165, 1.54) is 19.2 Å². The van der Waals surface area contributed by atoms with Crippen LogP contribution in [0.1, 0.15) is 30.1 Å². The molecule has 1 fully saturated rings. The van der Waals surface area contributed by atoms with Crippen LogP contribution in [0.4, 0.5) is 10.3 Å². The number of anilines is 1. The van der Waals surface area contributed by atoms with Crippen LogP contribution < -0.4 is 19.5 Å². The van der Waals surface area contributed by atoms with Gasteiger partial charge in [0, 0.05) is 43.0 Å². The van der Waals surface area contributed by atoms with E-state index in [4.69, 9.17) is 14.2 Å². The van der Waals surface area contributed by atoms with Crippen molar-refractivity contribution < 1.29 is 23.4 Å². The van der Waals surface area contributed by atoms with Crippen molar-refractivity contribution in [3.05, 3.63) is 47.5 Å². The van der Waals surface area contributed by atoms with Crippen LogP contribution >= 0.6 is 0 Å². The summed E-state index contributed by atoms with van der Waals surface area (Å²) in [6.07, 6.45) is 0.817. The van der Waals surface area contributed by atoms with Gasteiger partial charge in [-0.1, -0.05) is 0 Å². The number of carbonyl (C=O) groups is 1. The number of hydrogen-bond donors (Lipinski definition) is 1. The lowest BCUT2D eigenvalue weighted by Crippen LogP contribution is -2.22. The Labute approximate surface area is 188 Å². The number of ketones is 1. The summed E-state index contributed by atoms with van der Waals surface area (Å²) >= 11 is 0. The fourth-order valence-corrected chi connectivity index (χ4v) is 3.95. The van der Waals surface area contributed by atoms with Gasteiger partial charge in [0.15, 0.2) is 11.5 Å². The maximum absolute atomic E-state index is 14.3. The Bertz CT molecular complexity index is 1380. The standard InChI is InChI=1S/C23H22FN5O4/c1-31-16-5-4-12(18(10-16)32-2)11-25-23-26-20-17(8-14(24)9-19(20)33-3)22-27-21(28-29(22)23)13-6-15(30)7-13/h4-5,8-10,13H,6-7,11H2,1-3H3,(H,25,26). The van der Waals surface area contributed by atoms with Crippen molar-refractivity contribution in [1.29, 1.82) is 0 Å². The molecule has 0 spiro atoms. The Balaban J connectivity index is 1.61. The normalized spacial score (nSPS) is 13.9. The van der Waals surface area contributed by atoms with Crippen molar-refractivity contribution in [2.45, 2.75) is 25.3 Å². The molecule has 0 aliphatic heterocycles. The smallest absolute Gasteiger partial charge is 0.226 e. The minimum absolute atomic E-state index is 0.0440. The molecule has 10 heteroatoms. The average molecular weight is 451 g/mol. The summed E-state index contributed by atoms with van der Waals surface area (Å²) in [7, 11) is 4.65. The topological polar surface area (TPSA) is 99.9 Å². The van der Waals surface area contributed by atoms with E-state index in [1.54, 1.807) is 24.8 Å². The van der Waals surface area contributed by atoms with Gasteiger partial charge in [-0.2, -0.15) is 4.52 Å². The summed E-state index contributed by atoms with van der Waals surface area (Å²) in [5.41, 5.74) is 1.78. The number of carbonyl (C=O) groups excluding carboxylic acids is 1. The number of benzene rings is 2. The molecule has 1 aliphatic carbocycles. The van der Waals surface area contributed by atoms with Gasteiger partial charge in [-0.25, -0.2) is 14.4 Å². The summed E-state index contributed by atoms with van der Waals surface area (Å²) in [6, 6.07) is 8.18. The number of aromatic nitrogens is 4. The third-order valence-electron chi connectivity index (χ3n) is 5.79. The van der Waals surface area contributed by atoms with E-state index in [0.29, 0.717) is 65.0 Å². The van der Waals surface area contributed by atoms with E-state index in [-0.39, 0.29) is 11.7 Å². The molecule has 1 N–H and O–H groups in total. The van der Waals surface area contributed by atoms with Gasteiger partial charge in [-0.3, -0.25) is 4.79 Å². The number of nitrogens with zero attached hydrogens (tertiary/aromatic N) is 4. The molecule has 4 aromatic rings. The predicted octanol–water partition coefficient (Wildman–Crippen LogP) is 3.50. The van der Waals surface area contributed by atoms with Gasteiger partial charge in [0.25, 0.3) is 0 Å². The Morgan fingerprint density at radius 3 is 2.55 bits per heavy atom. The molecule has 1 saturated carbocycles. The SMILES string of the molecule is COc1ccc(CNc2nc3c(OC)cc(F)cc3c3nc(C4CC(=O)C4)nn23)c(OC)c1. The molecular weight excluding hydrogens is 429 g/mol. The summed E-state index contributed by atoms with van der Waals surface area (Å²) < 4.78 is 31.9. The molecule has 170 valence electrons. The van der Waals surface area contributed by atoms with Crippen LogP contribution in [-0.2, 0) is 11.3 Å². The largest absolute Gasteiger partial charge is 0.497 e. The van der Waals surface area contributed by atoms with E-state index >= 15 is 0 Å². The van der Waals surface area contributed by atoms with Crippen molar-refractivity contribution in [3.63, 3.8) is 0 Å². The molecule has 2 heterocycles. The fourth-order valence-electron chi connectivity index (χ4n) is 3.95. The van der Waals surface area contributed by atoms with E-state index in [9.17, 15) is 9.18 Å². The minimum Gasteiger partial charge on any atom is -0.497 e. The van der Waals surface area contributed by atoms with Crippen molar-refractivity contribution in [2.75, 3.05) is 26.6 Å². The third kappa shape index (κ3) is 3.67. The van der Waals surface area contributed by atoms with Crippen LogP contribution in [0.25, 0.3) is 16.6 Å². The van der Waals surface area contributed by atoms with Crippen molar-refractivity contribution in [2.24, 2.45) is 0 Å². The van der Waals surface area contributed by atoms with Crippen LogP contribution in [0.3, 0.4) is 0 Å². The molecule has 2 aromatic carbocycles. The first kappa shape index (κ1) is 20.9.